The molecule has 2 rings (SSSR count). The van der Waals surface area contributed by atoms with Crippen molar-refractivity contribution in [2.24, 2.45) is 5.92 Å². The molecule has 2 fully saturated rings. The van der Waals surface area contributed by atoms with Gasteiger partial charge in [-0.05, 0) is 12.3 Å². The Bertz CT molecular complexity index is 313. The minimum atomic E-state index is -0.439. The van der Waals surface area contributed by atoms with Crippen molar-refractivity contribution in [1.29, 1.82) is 0 Å². The lowest BCUT2D eigenvalue weighted by Crippen LogP contribution is -2.39. The first-order chi connectivity index (χ1) is 8.72. The maximum atomic E-state index is 11.7. The monoisotopic (exact) mass is 254 g/mol. The molecule has 1 saturated heterocycles. The number of urea groups is 1. The zero-order chi connectivity index (χ0) is 13.0. The third kappa shape index (κ3) is 3.02. The molecular weight excluding hydrogens is 232 g/mol. The van der Waals surface area contributed by atoms with Crippen molar-refractivity contribution in [2.45, 2.75) is 44.6 Å². The summed E-state index contributed by atoms with van der Waals surface area (Å²) in [7, 11) is 1.55. The van der Waals surface area contributed by atoms with Gasteiger partial charge in [-0.1, -0.05) is 32.1 Å². The Labute approximate surface area is 108 Å². The molecule has 0 bridgehead atoms. The number of ether oxygens (including phenoxy) is 1. The molecule has 102 valence electrons. The molecule has 2 aliphatic rings. The first-order valence-electron chi connectivity index (χ1n) is 6.82. The molecule has 1 heterocycles. The number of carbonyl (C=O) groups is 2. The fourth-order valence-corrected chi connectivity index (χ4v) is 2.92. The van der Waals surface area contributed by atoms with Gasteiger partial charge in [0.25, 0.3) is 5.91 Å². The molecule has 18 heavy (non-hydrogen) atoms. The Balaban J connectivity index is 1.85. The van der Waals surface area contributed by atoms with Crippen molar-refractivity contribution in [3.8, 4) is 0 Å². The minimum Gasteiger partial charge on any atom is -0.382 e. The van der Waals surface area contributed by atoms with E-state index in [0.717, 1.165) is 6.42 Å². The lowest BCUT2D eigenvalue weighted by molar-refractivity contribution is -0.122. The van der Waals surface area contributed by atoms with Crippen LogP contribution in [0.3, 0.4) is 0 Å². The number of carbonyl (C=O) groups excluding carboxylic acids is 2. The highest BCUT2D eigenvalue weighted by molar-refractivity contribution is 6.04. The van der Waals surface area contributed by atoms with E-state index in [4.69, 9.17) is 4.74 Å². The second-order valence-electron chi connectivity index (χ2n) is 5.25. The van der Waals surface area contributed by atoms with E-state index in [-0.39, 0.29) is 18.5 Å². The Hall–Kier alpha value is -1.10. The number of hydrogen-bond acceptors (Lipinski definition) is 3. The van der Waals surface area contributed by atoms with Crippen LogP contribution < -0.4 is 5.32 Å². The van der Waals surface area contributed by atoms with E-state index < -0.39 is 6.04 Å². The Morgan fingerprint density at radius 3 is 2.67 bits per heavy atom. The Kier molecular flexibility index (Phi) is 4.58. The second kappa shape index (κ2) is 6.18. The summed E-state index contributed by atoms with van der Waals surface area (Å²) in [5.41, 5.74) is 0. The van der Waals surface area contributed by atoms with Crippen LogP contribution in [0.15, 0.2) is 0 Å². The average Bonchev–Trinajstić information content (AvgIpc) is 2.64. The number of hydrogen-bond donors (Lipinski definition) is 1. The highest BCUT2D eigenvalue weighted by atomic mass is 16.5. The van der Waals surface area contributed by atoms with Crippen LogP contribution in [0, 0.1) is 5.92 Å². The van der Waals surface area contributed by atoms with Crippen molar-refractivity contribution in [3.63, 3.8) is 0 Å². The van der Waals surface area contributed by atoms with Gasteiger partial charge >= 0.3 is 6.03 Å². The van der Waals surface area contributed by atoms with Gasteiger partial charge in [-0.15, -0.1) is 0 Å². The summed E-state index contributed by atoms with van der Waals surface area (Å²) in [5, 5.41) is 2.36. The quantitative estimate of drug-likeness (QED) is 0.757. The fourth-order valence-electron chi connectivity index (χ4n) is 2.92. The molecule has 3 amide bonds. The molecule has 0 spiro atoms. The molecule has 1 aliphatic heterocycles. The lowest BCUT2D eigenvalue weighted by Gasteiger charge is -2.26. The maximum absolute atomic E-state index is 11.7. The molecule has 1 atom stereocenters. The van der Waals surface area contributed by atoms with Crippen molar-refractivity contribution in [3.05, 3.63) is 0 Å². The molecule has 5 nitrogen and oxygen atoms in total. The van der Waals surface area contributed by atoms with E-state index in [1.54, 1.807) is 12.0 Å². The van der Waals surface area contributed by atoms with Crippen LogP contribution in [0.5, 0.6) is 0 Å². The van der Waals surface area contributed by atoms with E-state index in [9.17, 15) is 9.59 Å². The zero-order valence-electron chi connectivity index (χ0n) is 11.0. The highest BCUT2D eigenvalue weighted by Crippen LogP contribution is 2.27. The minimum absolute atomic E-state index is 0.231. The third-order valence-corrected chi connectivity index (χ3v) is 4.00. The van der Waals surface area contributed by atoms with E-state index >= 15 is 0 Å². The van der Waals surface area contributed by atoms with Gasteiger partial charge in [-0.2, -0.15) is 0 Å². The van der Waals surface area contributed by atoms with Crippen LogP contribution in [0.4, 0.5) is 4.79 Å². The largest absolute Gasteiger partial charge is 0.382 e. The molecule has 0 radical (unpaired) electrons. The van der Waals surface area contributed by atoms with E-state index in [1.165, 1.54) is 32.1 Å². The summed E-state index contributed by atoms with van der Waals surface area (Å²) in [4.78, 5) is 24.9. The molecule has 5 heteroatoms. The summed E-state index contributed by atoms with van der Waals surface area (Å²) >= 11 is 0. The predicted octanol–water partition coefficient (Wildman–Crippen LogP) is 1.52. The van der Waals surface area contributed by atoms with E-state index in [0.29, 0.717) is 12.5 Å². The number of amides is 3. The summed E-state index contributed by atoms with van der Waals surface area (Å²) < 4.78 is 5.01. The van der Waals surface area contributed by atoms with Gasteiger partial charge in [0.15, 0.2) is 0 Å². The van der Waals surface area contributed by atoms with E-state index in [1.807, 2.05) is 0 Å². The number of rotatable bonds is 5. The molecule has 1 N–H and O–H groups in total. The van der Waals surface area contributed by atoms with Gasteiger partial charge in [0, 0.05) is 13.7 Å². The van der Waals surface area contributed by atoms with Gasteiger partial charge in [0.1, 0.15) is 6.04 Å². The highest BCUT2D eigenvalue weighted by Gasteiger charge is 2.38. The molecule has 1 saturated carbocycles. The van der Waals surface area contributed by atoms with Crippen LogP contribution in [0.2, 0.25) is 0 Å². The fraction of sp³-hybridized carbons (Fsp3) is 0.846. The first kappa shape index (κ1) is 13.3. The first-order valence-corrected chi connectivity index (χ1v) is 6.82. The Morgan fingerprint density at radius 1 is 1.28 bits per heavy atom. The smallest absolute Gasteiger partial charge is 0.324 e. The van der Waals surface area contributed by atoms with Gasteiger partial charge in [-0.25, -0.2) is 4.79 Å². The van der Waals surface area contributed by atoms with Crippen LogP contribution in [0.1, 0.15) is 38.5 Å². The third-order valence-electron chi connectivity index (χ3n) is 4.00. The zero-order valence-corrected chi connectivity index (χ0v) is 11.0. The van der Waals surface area contributed by atoms with Gasteiger partial charge in [0.2, 0.25) is 0 Å². The standard InChI is InChI=1S/C13H22N2O3/c1-18-9-11-12(16)14-13(17)15(11)8-7-10-5-3-2-4-6-10/h10-11H,2-9H2,1H3,(H,14,16,17). The molecule has 1 unspecified atom stereocenters. The van der Waals surface area contributed by atoms with Crippen molar-refractivity contribution >= 4 is 11.9 Å². The average molecular weight is 254 g/mol. The number of methoxy groups -OCH3 is 1. The summed E-state index contributed by atoms with van der Waals surface area (Å²) in [6, 6.07) is -0.705. The van der Waals surface area contributed by atoms with Crippen molar-refractivity contribution < 1.29 is 14.3 Å². The molecule has 0 aromatic rings. The van der Waals surface area contributed by atoms with Crippen LogP contribution in [-0.4, -0.2) is 43.1 Å². The Morgan fingerprint density at radius 2 is 2.00 bits per heavy atom. The molecule has 0 aromatic heterocycles. The van der Waals surface area contributed by atoms with Crippen LogP contribution in [-0.2, 0) is 9.53 Å². The second-order valence-corrected chi connectivity index (χ2v) is 5.25. The van der Waals surface area contributed by atoms with E-state index in [2.05, 4.69) is 5.32 Å². The van der Waals surface area contributed by atoms with Crippen LogP contribution >= 0.6 is 0 Å². The summed E-state index contributed by atoms with van der Waals surface area (Å²) in [6.45, 7) is 0.943. The number of nitrogens with one attached hydrogen (secondary N) is 1. The topological polar surface area (TPSA) is 58.6 Å². The SMILES string of the molecule is COCC1C(=O)NC(=O)N1CCC1CCCCC1. The number of nitrogens with zero attached hydrogens (tertiary/aromatic N) is 1. The molecular formula is C13H22N2O3. The maximum Gasteiger partial charge on any atom is 0.324 e. The van der Waals surface area contributed by atoms with Gasteiger partial charge in [0.05, 0.1) is 6.61 Å². The normalized spacial score (nSPS) is 25.6. The van der Waals surface area contributed by atoms with Gasteiger partial charge < -0.3 is 9.64 Å². The predicted molar refractivity (Wildman–Crippen MR) is 67.1 cm³/mol. The summed E-state index contributed by atoms with van der Waals surface area (Å²) in [5.74, 6) is 0.482. The summed E-state index contributed by atoms with van der Waals surface area (Å²) in [6.07, 6.45) is 7.47. The molecule has 1 aliphatic carbocycles. The lowest BCUT2D eigenvalue weighted by atomic mass is 9.87. The van der Waals surface area contributed by atoms with Crippen molar-refractivity contribution in [2.75, 3.05) is 20.3 Å². The number of imide groups is 1. The van der Waals surface area contributed by atoms with Crippen molar-refractivity contribution in [1.82, 2.24) is 10.2 Å². The van der Waals surface area contributed by atoms with Crippen LogP contribution in [0.25, 0.3) is 0 Å². The molecule has 0 aromatic carbocycles. The van der Waals surface area contributed by atoms with Gasteiger partial charge in [-0.3, -0.25) is 10.1 Å².